The Balaban J connectivity index is 2.47. The minimum Gasteiger partial charge on any atom is -0.497 e. The molecule has 0 spiro atoms. The lowest BCUT2D eigenvalue weighted by molar-refractivity contribution is -0.145. The van der Waals surface area contributed by atoms with Crippen LogP contribution in [0.5, 0.6) is 5.75 Å². The Hall–Kier alpha value is -2.04. The third-order valence-electron chi connectivity index (χ3n) is 3.03. The molecule has 1 rings (SSSR count). The van der Waals surface area contributed by atoms with Gasteiger partial charge in [0, 0.05) is 5.56 Å². The molecule has 5 heteroatoms. The zero-order valence-electron chi connectivity index (χ0n) is 12.8. The fourth-order valence-electron chi connectivity index (χ4n) is 1.75. The highest BCUT2D eigenvalue weighted by Crippen LogP contribution is 2.12. The van der Waals surface area contributed by atoms with Crippen LogP contribution in [-0.2, 0) is 9.53 Å². The van der Waals surface area contributed by atoms with E-state index in [0.717, 1.165) is 19.3 Å². The second kappa shape index (κ2) is 9.00. The van der Waals surface area contributed by atoms with Crippen LogP contribution in [0.15, 0.2) is 24.3 Å². The number of carbonyl (C=O) groups excluding carboxylic acids is 2. The first-order chi connectivity index (χ1) is 10.1. The summed E-state index contributed by atoms with van der Waals surface area (Å²) >= 11 is 0. The van der Waals surface area contributed by atoms with Gasteiger partial charge in [0.1, 0.15) is 11.8 Å². The standard InChI is InChI=1S/C16H23NO4/c1-4-5-6-10-21-16(19)12(2)17-15(18)13-8-7-9-14(11-13)20-3/h7-9,11-12H,4-6,10H2,1-3H3,(H,17,18). The molecule has 0 aromatic heterocycles. The summed E-state index contributed by atoms with van der Waals surface area (Å²) in [6.45, 7) is 4.09. The zero-order valence-corrected chi connectivity index (χ0v) is 12.8. The Morgan fingerprint density at radius 2 is 2.05 bits per heavy atom. The van der Waals surface area contributed by atoms with Gasteiger partial charge in [0.25, 0.3) is 5.91 Å². The average Bonchev–Trinajstić information content (AvgIpc) is 2.51. The van der Waals surface area contributed by atoms with Gasteiger partial charge in [-0.2, -0.15) is 0 Å². The van der Waals surface area contributed by atoms with Crippen LogP contribution < -0.4 is 10.1 Å². The van der Waals surface area contributed by atoms with Crippen molar-refractivity contribution in [3.05, 3.63) is 29.8 Å². The van der Waals surface area contributed by atoms with E-state index in [1.807, 2.05) is 0 Å². The van der Waals surface area contributed by atoms with Crippen molar-refractivity contribution in [3.8, 4) is 5.75 Å². The quantitative estimate of drug-likeness (QED) is 0.591. The van der Waals surface area contributed by atoms with Crippen molar-refractivity contribution >= 4 is 11.9 Å². The summed E-state index contributed by atoms with van der Waals surface area (Å²) in [5, 5.41) is 2.62. The maximum absolute atomic E-state index is 12.0. The van der Waals surface area contributed by atoms with Crippen molar-refractivity contribution in [1.29, 1.82) is 0 Å². The second-order valence-electron chi connectivity index (χ2n) is 4.80. The topological polar surface area (TPSA) is 64.6 Å². The fourth-order valence-corrected chi connectivity index (χ4v) is 1.75. The number of esters is 1. The Labute approximate surface area is 125 Å². The number of hydrogen-bond acceptors (Lipinski definition) is 4. The summed E-state index contributed by atoms with van der Waals surface area (Å²) in [4.78, 5) is 23.8. The van der Waals surface area contributed by atoms with E-state index in [-0.39, 0.29) is 5.91 Å². The van der Waals surface area contributed by atoms with E-state index >= 15 is 0 Å². The number of rotatable bonds is 8. The number of carbonyl (C=O) groups is 2. The molecule has 0 saturated carbocycles. The van der Waals surface area contributed by atoms with Crippen molar-refractivity contribution in [2.75, 3.05) is 13.7 Å². The molecular formula is C16H23NO4. The summed E-state index contributed by atoms with van der Waals surface area (Å²) in [6.07, 6.45) is 2.94. The highest BCUT2D eigenvalue weighted by molar-refractivity contribution is 5.97. The third-order valence-corrected chi connectivity index (χ3v) is 3.03. The summed E-state index contributed by atoms with van der Waals surface area (Å²) in [7, 11) is 1.54. The highest BCUT2D eigenvalue weighted by atomic mass is 16.5. The van der Waals surface area contributed by atoms with Crippen molar-refractivity contribution in [3.63, 3.8) is 0 Å². The van der Waals surface area contributed by atoms with Crippen LogP contribution in [0.4, 0.5) is 0 Å². The van der Waals surface area contributed by atoms with Gasteiger partial charge in [0.2, 0.25) is 0 Å². The van der Waals surface area contributed by atoms with Crippen molar-refractivity contribution in [2.24, 2.45) is 0 Å². The van der Waals surface area contributed by atoms with Crippen LogP contribution in [-0.4, -0.2) is 31.6 Å². The van der Waals surface area contributed by atoms with Gasteiger partial charge in [-0.1, -0.05) is 25.8 Å². The van der Waals surface area contributed by atoms with Gasteiger partial charge >= 0.3 is 5.97 Å². The molecule has 0 radical (unpaired) electrons. The van der Waals surface area contributed by atoms with Gasteiger partial charge < -0.3 is 14.8 Å². The smallest absolute Gasteiger partial charge is 0.328 e. The van der Waals surface area contributed by atoms with E-state index in [1.54, 1.807) is 31.2 Å². The molecule has 1 unspecified atom stereocenters. The van der Waals surface area contributed by atoms with Crippen LogP contribution in [0.1, 0.15) is 43.5 Å². The number of nitrogens with one attached hydrogen (secondary N) is 1. The van der Waals surface area contributed by atoms with Gasteiger partial charge in [-0.25, -0.2) is 4.79 Å². The lowest BCUT2D eigenvalue weighted by atomic mass is 10.2. The average molecular weight is 293 g/mol. The lowest BCUT2D eigenvalue weighted by Gasteiger charge is -2.13. The van der Waals surface area contributed by atoms with Crippen molar-refractivity contribution in [2.45, 2.75) is 39.2 Å². The first-order valence-corrected chi connectivity index (χ1v) is 7.20. The van der Waals surface area contributed by atoms with E-state index in [9.17, 15) is 9.59 Å². The zero-order chi connectivity index (χ0) is 15.7. The highest BCUT2D eigenvalue weighted by Gasteiger charge is 2.18. The molecule has 0 heterocycles. The first-order valence-electron chi connectivity index (χ1n) is 7.20. The van der Waals surface area contributed by atoms with Crippen LogP contribution in [0.3, 0.4) is 0 Å². The van der Waals surface area contributed by atoms with Gasteiger partial charge in [0.05, 0.1) is 13.7 Å². The van der Waals surface area contributed by atoms with Gasteiger partial charge in [-0.05, 0) is 31.5 Å². The van der Waals surface area contributed by atoms with Crippen LogP contribution in [0.25, 0.3) is 0 Å². The Morgan fingerprint density at radius 1 is 1.29 bits per heavy atom. The molecule has 21 heavy (non-hydrogen) atoms. The molecule has 1 N–H and O–H groups in total. The summed E-state index contributed by atoms with van der Waals surface area (Å²) in [5.41, 5.74) is 0.444. The van der Waals surface area contributed by atoms with Crippen molar-refractivity contribution in [1.82, 2.24) is 5.32 Å². The van der Waals surface area contributed by atoms with Crippen molar-refractivity contribution < 1.29 is 19.1 Å². The van der Waals surface area contributed by atoms with Gasteiger partial charge in [-0.15, -0.1) is 0 Å². The van der Waals surface area contributed by atoms with Crippen LogP contribution in [0.2, 0.25) is 0 Å². The second-order valence-corrected chi connectivity index (χ2v) is 4.80. The summed E-state index contributed by atoms with van der Waals surface area (Å²) in [6, 6.07) is 6.08. The molecule has 1 aromatic carbocycles. The normalized spacial score (nSPS) is 11.6. The predicted octanol–water partition coefficient (Wildman–Crippen LogP) is 2.55. The van der Waals surface area contributed by atoms with E-state index in [0.29, 0.717) is 17.9 Å². The molecule has 0 aliphatic rings. The maximum Gasteiger partial charge on any atom is 0.328 e. The lowest BCUT2D eigenvalue weighted by Crippen LogP contribution is -2.39. The molecule has 0 saturated heterocycles. The van der Waals surface area contributed by atoms with Crippen LogP contribution in [0, 0.1) is 0 Å². The summed E-state index contributed by atoms with van der Waals surface area (Å²) < 4.78 is 10.2. The minimum atomic E-state index is -0.676. The maximum atomic E-state index is 12.0. The Morgan fingerprint density at radius 3 is 2.71 bits per heavy atom. The first kappa shape index (κ1) is 17.0. The predicted molar refractivity (Wildman–Crippen MR) is 80.4 cm³/mol. The van der Waals surface area contributed by atoms with Crippen LogP contribution >= 0.6 is 0 Å². The number of ether oxygens (including phenoxy) is 2. The van der Waals surface area contributed by atoms with E-state index in [2.05, 4.69) is 12.2 Å². The Bertz CT molecular complexity index is 473. The molecule has 116 valence electrons. The molecule has 1 atom stereocenters. The number of unbranched alkanes of at least 4 members (excludes halogenated alkanes) is 2. The monoisotopic (exact) mass is 293 g/mol. The molecule has 1 amide bonds. The number of hydrogen-bond donors (Lipinski definition) is 1. The molecule has 5 nitrogen and oxygen atoms in total. The molecule has 0 aliphatic heterocycles. The number of amides is 1. The summed E-state index contributed by atoms with van der Waals surface area (Å²) in [5.74, 6) is -0.147. The largest absolute Gasteiger partial charge is 0.497 e. The fraction of sp³-hybridized carbons (Fsp3) is 0.500. The molecular weight excluding hydrogens is 270 g/mol. The Kier molecular flexibility index (Phi) is 7.29. The molecule has 1 aromatic rings. The number of methoxy groups -OCH3 is 1. The third kappa shape index (κ3) is 5.85. The molecule has 0 bridgehead atoms. The van der Waals surface area contributed by atoms with Gasteiger partial charge in [-0.3, -0.25) is 4.79 Å². The molecule has 0 fully saturated rings. The van der Waals surface area contributed by atoms with E-state index in [4.69, 9.17) is 9.47 Å². The SMILES string of the molecule is CCCCCOC(=O)C(C)NC(=O)c1cccc(OC)c1. The number of benzene rings is 1. The minimum absolute atomic E-state index is 0.327. The van der Waals surface area contributed by atoms with Gasteiger partial charge in [0.15, 0.2) is 0 Å². The van der Waals surface area contributed by atoms with E-state index < -0.39 is 12.0 Å². The van der Waals surface area contributed by atoms with E-state index in [1.165, 1.54) is 7.11 Å². The molecule has 0 aliphatic carbocycles.